The molecule has 3 aromatic carbocycles. The lowest BCUT2D eigenvalue weighted by Crippen LogP contribution is -2.19. The van der Waals surface area contributed by atoms with Crippen molar-refractivity contribution in [1.82, 2.24) is 19.1 Å². The second-order valence-corrected chi connectivity index (χ2v) is 8.24. The van der Waals surface area contributed by atoms with Gasteiger partial charge in [-0.25, -0.2) is 14.5 Å². The summed E-state index contributed by atoms with van der Waals surface area (Å²) in [6, 6.07) is 19.2. The molecule has 0 spiro atoms. The number of Topliss-reactive ketones (excluding diaryl/α,β-unsaturated/α-hetero) is 2. The first-order valence-corrected chi connectivity index (χ1v) is 10.7. The van der Waals surface area contributed by atoms with Crippen molar-refractivity contribution < 1.29 is 22.8 Å². The van der Waals surface area contributed by atoms with Gasteiger partial charge in [-0.1, -0.05) is 54.6 Å². The molecular formula is C26H15F3N4O2. The first kappa shape index (κ1) is 21.0. The van der Waals surface area contributed by atoms with Crippen LogP contribution in [0.5, 0.6) is 0 Å². The van der Waals surface area contributed by atoms with Crippen LogP contribution < -0.4 is 0 Å². The molecule has 0 unspecified atom stereocenters. The number of allylic oxidation sites excluding steroid dienone is 1. The fraction of sp³-hybridized carbons (Fsp3) is 0.0769. The number of aryl methyl sites for hydroxylation is 1. The summed E-state index contributed by atoms with van der Waals surface area (Å²) in [7, 11) is 1.57. The summed E-state index contributed by atoms with van der Waals surface area (Å²) in [5.41, 5.74) is 0.170. The maximum absolute atomic E-state index is 14.2. The number of alkyl halides is 3. The van der Waals surface area contributed by atoms with Gasteiger partial charge in [0.15, 0.2) is 22.9 Å². The van der Waals surface area contributed by atoms with Crippen molar-refractivity contribution in [2.24, 2.45) is 7.05 Å². The number of ketones is 2. The number of carbonyl (C=O) groups excluding carboxylic acids is 2. The van der Waals surface area contributed by atoms with Crippen molar-refractivity contribution in [3.05, 3.63) is 89.3 Å². The van der Waals surface area contributed by atoms with E-state index in [1.807, 2.05) is 0 Å². The van der Waals surface area contributed by atoms with Gasteiger partial charge in [0.1, 0.15) is 11.6 Å². The fourth-order valence-corrected chi connectivity index (χ4v) is 4.48. The Morgan fingerprint density at radius 1 is 0.800 bits per heavy atom. The summed E-state index contributed by atoms with van der Waals surface area (Å²) >= 11 is 0. The van der Waals surface area contributed by atoms with Crippen LogP contribution in [0.2, 0.25) is 0 Å². The van der Waals surface area contributed by atoms with E-state index in [2.05, 4.69) is 9.97 Å². The van der Waals surface area contributed by atoms with Gasteiger partial charge < -0.3 is 4.57 Å². The summed E-state index contributed by atoms with van der Waals surface area (Å²) in [4.78, 5) is 34.4. The summed E-state index contributed by atoms with van der Waals surface area (Å²) in [6.45, 7) is 0. The zero-order valence-electron chi connectivity index (χ0n) is 18.2. The lowest BCUT2D eigenvalue weighted by atomic mass is 10.0. The predicted molar refractivity (Wildman–Crippen MR) is 124 cm³/mol. The molecule has 0 saturated carbocycles. The van der Waals surface area contributed by atoms with Gasteiger partial charge in [-0.05, 0) is 29.0 Å². The summed E-state index contributed by atoms with van der Waals surface area (Å²) < 4.78 is 43.9. The Morgan fingerprint density at radius 2 is 1.37 bits per heavy atom. The molecule has 0 N–H and O–H groups in total. The van der Waals surface area contributed by atoms with E-state index in [-0.39, 0.29) is 26.9 Å². The smallest absolute Gasteiger partial charge is 0.310 e. The highest BCUT2D eigenvalue weighted by Gasteiger charge is 2.39. The van der Waals surface area contributed by atoms with E-state index in [0.717, 1.165) is 16.8 Å². The zero-order valence-corrected chi connectivity index (χ0v) is 18.2. The van der Waals surface area contributed by atoms with Gasteiger partial charge in [-0.3, -0.25) is 9.59 Å². The van der Waals surface area contributed by atoms with Gasteiger partial charge in [0.2, 0.25) is 0 Å². The number of halogens is 3. The molecule has 6 nitrogen and oxygen atoms in total. The van der Waals surface area contributed by atoms with E-state index in [9.17, 15) is 22.8 Å². The van der Waals surface area contributed by atoms with Crippen LogP contribution in [0.25, 0.3) is 39.5 Å². The standard InChI is InChI=1S/C26H15F3N4O2/c1-32-23(14-7-3-2-4-8-14)31-25-24(32)30-20(33(25)26(27,28)29)13-19-21(34)17-11-15-9-5-6-10-16(15)12-18(17)22(19)35/h2-13H,1H3. The highest BCUT2D eigenvalue weighted by molar-refractivity contribution is 6.42. The third-order valence-corrected chi connectivity index (χ3v) is 6.13. The van der Waals surface area contributed by atoms with Crippen LogP contribution in [0.4, 0.5) is 13.2 Å². The molecule has 6 rings (SSSR count). The third kappa shape index (κ3) is 3.12. The molecular weight excluding hydrogens is 457 g/mol. The van der Waals surface area contributed by atoms with Crippen molar-refractivity contribution in [1.29, 1.82) is 0 Å². The van der Waals surface area contributed by atoms with E-state index >= 15 is 0 Å². The van der Waals surface area contributed by atoms with Crippen molar-refractivity contribution in [2.45, 2.75) is 6.30 Å². The van der Waals surface area contributed by atoms with Crippen LogP contribution in [0, 0.1) is 0 Å². The van der Waals surface area contributed by atoms with Gasteiger partial charge in [0.05, 0.1) is 5.57 Å². The van der Waals surface area contributed by atoms with Crippen LogP contribution in [-0.4, -0.2) is 30.7 Å². The summed E-state index contributed by atoms with van der Waals surface area (Å²) in [5, 5.41) is 1.52. The normalized spacial score (nSPS) is 13.8. The Kier molecular flexibility index (Phi) is 4.35. The van der Waals surface area contributed by atoms with Crippen LogP contribution in [0.3, 0.4) is 0 Å². The topological polar surface area (TPSA) is 69.8 Å². The highest BCUT2D eigenvalue weighted by atomic mass is 19.4. The lowest BCUT2D eigenvalue weighted by molar-refractivity contribution is -0.201. The molecule has 0 amide bonds. The molecule has 2 aromatic heterocycles. The van der Waals surface area contributed by atoms with Gasteiger partial charge >= 0.3 is 6.30 Å². The molecule has 9 heteroatoms. The minimum absolute atomic E-state index is 0.00181. The zero-order chi connectivity index (χ0) is 24.5. The number of hydrogen-bond acceptors (Lipinski definition) is 4. The average molecular weight is 472 g/mol. The summed E-state index contributed by atoms with van der Waals surface area (Å²) in [6.07, 6.45) is -3.97. The van der Waals surface area contributed by atoms with Crippen molar-refractivity contribution in [3.63, 3.8) is 0 Å². The highest BCUT2D eigenvalue weighted by Crippen LogP contribution is 2.35. The molecule has 1 aliphatic rings. The van der Waals surface area contributed by atoms with Crippen molar-refractivity contribution >= 4 is 39.7 Å². The average Bonchev–Trinajstić information content (AvgIpc) is 3.43. The Balaban J connectivity index is 1.53. The molecule has 0 aliphatic heterocycles. The summed E-state index contributed by atoms with van der Waals surface area (Å²) in [5.74, 6) is -1.53. The monoisotopic (exact) mass is 472 g/mol. The third-order valence-electron chi connectivity index (χ3n) is 6.13. The Labute approximate surface area is 196 Å². The molecule has 5 aromatic rings. The van der Waals surface area contributed by atoms with Crippen molar-refractivity contribution in [2.75, 3.05) is 0 Å². The molecule has 0 saturated heterocycles. The van der Waals surface area contributed by atoms with E-state index in [0.29, 0.717) is 11.4 Å². The molecule has 0 bridgehead atoms. The Hall–Kier alpha value is -4.53. The molecule has 1 aliphatic carbocycles. The maximum Gasteiger partial charge on any atom is 0.491 e. The molecule has 0 atom stereocenters. The Bertz CT molecular complexity index is 1670. The van der Waals surface area contributed by atoms with Gasteiger partial charge in [0.25, 0.3) is 0 Å². The number of hydrogen-bond donors (Lipinski definition) is 0. The van der Waals surface area contributed by atoms with Crippen LogP contribution in [-0.2, 0) is 13.3 Å². The van der Waals surface area contributed by atoms with Crippen LogP contribution in [0.1, 0.15) is 26.5 Å². The predicted octanol–water partition coefficient (Wildman–Crippen LogP) is 5.53. The van der Waals surface area contributed by atoms with Crippen LogP contribution >= 0.6 is 0 Å². The van der Waals surface area contributed by atoms with E-state index < -0.39 is 29.3 Å². The number of carbonyl (C=O) groups is 2. The molecule has 172 valence electrons. The van der Waals surface area contributed by atoms with Gasteiger partial charge in [-0.15, -0.1) is 13.2 Å². The maximum atomic E-state index is 14.2. The molecule has 2 heterocycles. The molecule has 0 radical (unpaired) electrons. The SMILES string of the molecule is Cn1c(-c2ccccc2)nc2c1nc(C=C1C(=O)c3cc4ccccc4cc3C1=O)n2C(F)(F)F. The second kappa shape index (κ2) is 7.23. The second-order valence-electron chi connectivity index (χ2n) is 8.24. The minimum Gasteiger partial charge on any atom is -0.310 e. The quantitative estimate of drug-likeness (QED) is 0.250. The van der Waals surface area contributed by atoms with Gasteiger partial charge in [-0.2, -0.15) is 0 Å². The molecule has 0 fully saturated rings. The number of imidazole rings is 2. The molecule has 35 heavy (non-hydrogen) atoms. The number of rotatable bonds is 2. The van der Waals surface area contributed by atoms with E-state index in [4.69, 9.17) is 0 Å². The Morgan fingerprint density at radius 3 is 1.94 bits per heavy atom. The van der Waals surface area contributed by atoms with E-state index in [1.165, 1.54) is 4.57 Å². The number of benzene rings is 3. The fourth-order valence-electron chi connectivity index (χ4n) is 4.48. The number of nitrogens with zero attached hydrogens (tertiary/aromatic N) is 4. The van der Waals surface area contributed by atoms with Crippen LogP contribution in [0.15, 0.2) is 72.3 Å². The van der Waals surface area contributed by atoms with Crippen molar-refractivity contribution in [3.8, 4) is 11.4 Å². The van der Waals surface area contributed by atoms with Gasteiger partial charge in [0, 0.05) is 23.7 Å². The number of aromatic nitrogens is 4. The number of fused-ring (bicyclic) bond motifs is 3. The minimum atomic E-state index is -4.88. The van der Waals surface area contributed by atoms with E-state index in [1.54, 1.807) is 73.8 Å². The largest absolute Gasteiger partial charge is 0.491 e. The lowest BCUT2D eigenvalue weighted by Gasteiger charge is -2.09. The first-order valence-electron chi connectivity index (χ1n) is 10.7. The first-order chi connectivity index (χ1) is 16.7.